The maximum Gasteiger partial charge on any atom is 0.0589 e. The zero-order valence-corrected chi connectivity index (χ0v) is 8.80. The first-order valence-corrected chi connectivity index (χ1v) is 5.70. The van der Waals surface area contributed by atoms with Gasteiger partial charge in [-0.3, -0.25) is 0 Å². The summed E-state index contributed by atoms with van der Waals surface area (Å²) in [5.74, 6) is 0. The predicted octanol–water partition coefficient (Wildman–Crippen LogP) is 2.46. The standard InChI is InChI=1S/C11H23NO/c1-2-3-4-8-13-11-7-5-6-10(12)9-11/h10-11H,2-9,12H2,1H3. The van der Waals surface area contributed by atoms with Crippen molar-refractivity contribution in [2.45, 2.75) is 64.0 Å². The Bertz CT molecular complexity index is 127. The molecule has 0 heterocycles. The van der Waals surface area contributed by atoms with Gasteiger partial charge in [-0.25, -0.2) is 0 Å². The largest absolute Gasteiger partial charge is 0.378 e. The van der Waals surface area contributed by atoms with E-state index in [1.807, 2.05) is 0 Å². The van der Waals surface area contributed by atoms with Crippen molar-refractivity contribution in [1.82, 2.24) is 0 Å². The molecule has 2 atom stereocenters. The average molecular weight is 185 g/mol. The van der Waals surface area contributed by atoms with E-state index >= 15 is 0 Å². The lowest BCUT2D eigenvalue weighted by atomic mass is 9.93. The van der Waals surface area contributed by atoms with E-state index in [4.69, 9.17) is 10.5 Å². The van der Waals surface area contributed by atoms with Crippen molar-refractivity contribution >= 4 is 0 Å². The summed E-state index contributed by atoms with van der Waals surface area (Å²) in [5.41, 5.74) is 5.88. The van der Waals surface area contributed by atoms with Gasteiger partial charge in [-0.05, 0) is 32.1 Å². The molecule has 1 fully saturated rings. The number of rotatable bonds is 5. The molecule has 1 aliphatic rings. The molecule has 1 aliphatic carbocycles. The Morgan fingerprint density at radius 1 is 1.31 bits per heavy atom. The molecule has 78 valence electrons. The highest BCUT2D eigenvalue weighted by molar-refractivity contribution is 4.75. The summed E-state index contributed by atoms with van der Waals surface area (Å²) in [7, 11) is 0. The summed E-state index contributed by atoms with van der Waals surface area (Å²) in [4.78, 5) is 0. The van der Waals surface area contributed by atoms with Gasteiger partial charge in [0.15, 0.2) is 0 Å². The second kappa shape index (κ2) is 6.39. The molecule has 0 radical (unpaired) electrons. The van der Waals surface area contributed by atoms with Crippen molar-refractivity contribution in [1.29, 1.82) is 0 Å². The van der Waals surface area contributed by atoms with Crippen LogP contribution in [0.25, 0.3) is 0 Å². The Morgan fingerprint density at radius 3 is 2.85 bits per heavy atom. The number of nitrogens with two attached hydrogens (primary N) is 1. The number of hydrogen-bond acceptors (Lipinski definition) is 2. The highest BCUT2D eigenvalue weighted by Gasteiger charge is 2.18. The van der Waals surface area contributed by atoms with Crippen molar-refractivity contribution in [3.63, 3.8) is 0 Å². The molecule has 0 amide bonds. The van der Waals surface area contributed by atoms with Gasteiger partial charge in [0.2, 0.25) is 0 Å². The van der Waals surface area contributed by atoms with Crippen LogP contribution in [-0.2, 0) is 4.74 Å². The first-order chi connectivity index (χ1) is 6.33. The van der Waals surface area contributed by atoms with Gasteiger partial charge < -0.3 is 10.5 Å². The first kappa shape index (κ1) is 11.0. The minimum Gasteiger partial charge on any atom is -0.378 e. The fourth-order valence-electron chi connectivity index (χ4n) is 1.93. The highest BCUT2D eigenvalue weighted by Crippen LogP contribution is 2.19. The van der Waals surface area contributed by atoms with E-state index in [0.29, 0.717) is 12.1 Å². The zero-order chi connectivity index (χ0) is 9.52. The Kier molecular flexibility index (Phi) is 5.40. The second-order valence-electron chi connectivity index (χ2n) is 4.13. The van der Waals surface area contributed by atoms with Crippen LogP contribution < -0.4 is 5.73 Å². The van der Waals surface area contributed by atoms with Gasteiger partial charge >= 0.3 is 0 Å². The van der Waals surface area contributed by atoms with Gasteiger partial charge in [0, 0.05) is 12.6 Å². The van der Waals surface area contributed by atoms with E-state index in [0.717, 1.165) is 13.0 Å². The Labute approximate surface area is 81.8 Å². The van der Waals surface area contributed by atoms with Crippen molar-refractivity contribution in [2.24, 2.45) is 5.73 Å². The summed E-state index contributed by atoms with van der Waals surface area (Å²) in [6, 6.07) is 0.393. The molecule has 2 heteroatoms. The Hall–Kier alpha value is -0.0800. The van der Waals surface area contributed by atoms with Crippen LogP contribution in [0.2, 0.25) is 0 Å². The third kappa shape index (κ3) is 4.63. The van der Waals surface area contributed by atoms with Gasteiger partial charge in [-0.2, -0.15) is 0 Å². The molecule has 0 spiro atoms. The van der Waals surface area contributed by atoms with Crippen LogP contribution >= 0.6 is 0 Å². The number of unbranched alkanes of at least 4 members (excludes halogenated alkanes) is 2. The molecule has 1 saturated carbocycles. The van der Waals surface area contributed by atoms with Gasteiger partial charge in [0.05, 0.1) is 6.10 Å². The van der Waals surface area contributed by atoms with Gasteiger partial charge in [0.1, 0.15) is 0 Å². The van der Waals surface area contributed by atoms with Crippen LogP contribution in [0.15, 0.2) is 0 Å². The fourth-order valence-corrected chi connectivity index (χ4v) is 1.93. The van der Waals surface area contributed by atoms with Crippen LogP contribution in [0, 0.1) is 0 Å². The molecule has 2 N–H and O–H groups in total. The summed E-state index contributed by atoms with van der Waals surface area (Å²) in [6.45, 7) is 3.15. The van der Waals surface area contributed by atoms with E-state index in [2.05, 4.69) is 6.92 Å². The number of ether oxygens (including phenoxy) is 1. The SMILES string of the molecule is CCCCCOC1CCCC(N)C1. The Balaban J connectivity index is 2.00. The van der Waals surface area contributed by atoms with Crippen LogP contribution in [-0.4, -0.2) is 18.8 Å². The van der Waals surface area contributed by atoms with E-state index in [1.54, 1.807) is 0 Å². The van der Waals surface area contributed by atoms with Crippen LogP contribution in [0.3, 0.4) is 0 Å². The molecular formula is C11H23NO. The maximum atomic E-state index is 5.88. The lowest BCUT2D eigenvalue weighted by Gasteiger charge is -2.26. The monoisotopic (exact) mass is 185 g/mol. The second-order valence-corrected chi connectivity index (χ2v) is 4.13. The summed E-state index contributed by atoms with van der Waals surface area (Å²) >= 11 is 0. The topological polar surface area (TPSA) is 35.2 Å². The van der Waals surface area contributed by atoms with Crippen molar-refractivity contribution in [3.8, 4) is 0 Å². The van der Waals surface area contributed by atoms with Gasteiger partial charge in [0.25, 0.3) is 0 Å². The van der Waals surface area contributed by atoms with Crippen LogP contribution in [0.4, 0.5) is 0 Å². The van der Waals surface area contributed by atoms with Gasteiger partial charge in [-0.1, -0.05) is 19.8 Å². The molecule has 0 bridgehead atoms. The first-order valence-electron chi connectivity index (χ1n) is 5.70. The summed E-state index contributed by atoms with van der Waals surface area (Å²) < 4.78 is 5.78. The highest BCUT2D eigenvalue weighted by atomic mass is 16.5. The van der Waals surface area contributed by atoms with Crippen molar-refractivity contribution in [2.75, 3.05) is 6.61 Å². The lowest BCUT2D eigenvalue weighted by Crippen LogP contribution is -2.32. The smallest absolute Gasteiger partial charge is 0.0589 e. The van der Waals surface area contributed by atoms with Crippen molar-refractivity contribution < 1.29 is 4.74 Å². The van der Waals surface area contributed by atoms with E-state index in [-0.39, 0.29) is 0 Å². The quantitative estimate of drug-likeness (QED) is 0.668. The molecule has 0 saturated heterocycles. The average Bonchev–Trinajstić information content (AvgIpc) is 2.13. The van der Waals surface area contributed by atoms with Crippen LogP contribution in [0.1, 0.15) is 51.9 Å². The van der Waals surface area contributed by atoms with Crippen molar-refractivity contribution in [3.05, 3.63) is 0 Å². The molecule has 0 aromatic heterocycles. The maximum absolute atomic E-state index is 5.88. The molecule has 2 unspecified atom stereocenters. The fraction of sp³-hybridized carbons (Fsp3) is 1.00. The molecule has 0 aromatic carbocycles. The van der Waals surface area contributed by atoms with Gasteiger partial charge in [-0.15, -0.1) is 0 Å². The minimum absolute atomic E-state index is 0.393. The Morgan fingerprint density at radius 2 is 2.15 bits per heavy atom. The predicted molar refractivity (Wildman–Crippen MR) is 55.7 cm³/mol. The lowest BCUT2D eigenvalue weighted by molar-refractivity contribution is 0.0217. The molecule has 0 aliphatic heterocycles. The summed E-state index contributed by atoms with van der Waals surface area (Å²) in [5, 5.41) is 0. The molecule has 2 nitrogen and oxygen atoms in total. The molecular weight excluding hydrogens is 162 g/mol. The number of hydrogen-bond donors (Lipinski definition) is 1. The molecule has 13 heavy (non-hydrogen) atoms. The normalized spacial score (nSPS) is 29.1. The molecule has 0 aromatic rings. The third-order valence-electron chi connectivity index (χ3n) is 2.77. The zero-order valence-electron chi connectivity index (χ0n) is 8.80. The van der Waals surface area contributed by atoms with E-state index < -0.39 is 0 Å². The molecule has 1 rings (SSSR count). The van der Waals surface area contributed by atoms with E-state index in [9.17, 15) is 0 Å². The minimum atomic E-state index is 0.393. The van der Waals surface area contributed by atoms with Crippen LogP contribution in [0.5, 0.6) is 0 Å². The third-order valence-corrected chi connectivity index (χ3v) is 2.77. The van der Waals surface area contributed by atoms with E-state index in [1.165, 1.54) is 38.5 Å². The summed E-state index contributed by atoms with van der Waals surface area (Å²) in [6.07, 6.45) is 8.97.